The fourth-order valence-electron chi connectivity index (χ4n) is 1.57. The lowest BCUT2D eigenvalue weighted by Gasteiger charge is -2.08. The van der Waals surface area contributed by atoms with Crippen molar-refractivity contribution in [3.8, 4) is 11.8 Å². The molecule has 0 bridgehead atoms. The van der Waals surface area contributed by atoms with Crippen molar-refractivity contribution in [1.82, 2.24) is 0 Å². The van der Waals surface area contributed by atoms with E-state index in [1.165, 1.54) is 12.2 Å². The average Bonchev–Trinajstić information content (AvgIpc) is 2.98. The SMILES string of the molecule is O=C1C=C[C@H](O)[C@H]2O[C@@]12C#CC1CO1. The number of carbonyl (C=O) groups is 1. The van der Waals surface area contributed by atoms with Crippen molar-refractivity contribution in [2.75, 3.05) is 6.61 Å². The lowest BCUT2D eigenvalue weighted by atomic mass is 9.91. The van der Waals surface area contributed by atoms with E-state index < -0.39 is 17.8 Å². The van der Waals surface area contributed by atoms with Crippen LogP contribution in [0.1, 0.15) is 0 Å². The van der Waals surface area contributed by atoms with E-state index >= 15 is 0 Å². The van der Waals surface area contributed by atoms with Gasteiger partial charge >= 0.3 is 0 Å². The van der Waals surface area contributed by atoms with Crippen LogP contribution in [0.4, 0.5) is 0 Å². The quantitative estimate of drug-likeness (QED) is 0.396. The van der Waals surface area contributed by atoms with Gasteiger partial charge in [0.15, 0.2) is 0 Å². The van der Waals surface area contributed by atoms with Crippen molar-refractivity contribution < 1.29 is 19.4 Å². The Labute approximate surface area is 80.5 Å². The predicted molar refractivity (Wildman–Crippen MR) is 45.3 cm³/mol. The van der Waals surface area contributed by atoms with Crippen LogP contribution in [-0.2, 0) is 14.3 Å². The summed E-state index contributed by atoms with van der Waals surface area (Å²) < 4.78 is 10.1. The molecule has 2 saturated heterocycles. The molecule has 72 valence electrons. The van der Waals surface area contributed by atoms with E-state index in [0.29, 0.717) is 6.61 Å². The van der Waals surface area contributed by atoms with E-state index in [4.69, 9.17) is 9.47 Å². The first kappa shape index (κ1) is 8.18. The van der Waals surface area contributed by atoms with Crippen LogP contribution in [-0.4, -0.2) is 41.4 Å². The molecule has 4 atom stereocenters. The van der Waals surface area contributed by atoms with Crippen molar-refractivity contribution in [2.45, 2.75) is 23.9 Å². The Hall–Kier alpha value is -1.15. The molecule has 0 amide bonds. The maximum atomic E-state index is 11.5. The number of ether oxygens (including phenoxy) is 2. The van der Waals surface area contributed by atoms with Gasteiger partial charge in [0, 0.05) is 0 Å². The van der Waals surface area contributed by atoms with Gasteiger partial charge in [-0.2, -0.15) is 0 Å². The molecule has 0 aromatic carbocycles. The van der Waals surface area contributed by atoms with Gasteiger partial charge < -0.3 is 14.6 Å². The second-order valence-corrected chi connectivity index (χ2v) is 3.58. The van der Waals surface area contributed by atoms with Crippen molar-refractivity contribution in [3.63, 3.8) is 0 Å². The summed E-state index contributed by atoms with van der Waals surface area (Å²) in [7, 11) is 0. The minimum atomic E-state index is -1.07. The van der Waals surface area contributed by atoms with Crippen molar-refractivity contribution in [2.24, 2.45) is 0 Å². The topological polar surface area (TPSA) is 62.4 Å². The minimum absolute atomic E-state index is 0.0509. The lowest BCUT2D eigenvalue weighted by molar-refractivity contribution is -0.117. The molecule has 0 aromatic heterocycles. The summed E-state index contributed by atoms with van der Waals surface area (Å²) in [5.41, 5.74) is -1.07. The fourth-order valence-corrected chi connectivity index (χ4v) is 1.57. The third-order valence-electron chi connectivity index (χ3n) is 2.53. The summed E-state index contributed by atoms with van der Waals surface area (Å²) in [6.45, 7) is 0.625. The molecule has 0 aromatic rings. The van der Waals surface area contributed by atoms with Crippen molar-refractivity contribution in [3.05, 3.63) is 12.2 Å². The Morgan fingerprint density at radius 3 is 3.14 bits per heavy atom. The number of rotatable bonds is 0. The highest BCUT2D eigenvalue weighted by molar-refractivity contribution is 6.04. The summed E-state index contributed by atoms with van der Waals surface area (Å²) in [6, 6.07) is 0. The van der Waals surface area contributed by atoms with Crippen molar-refractivity contribution >= 4 is 5.78 Å². The monoisotopic (exact) mass is 192 g/mol. The van der Waals surface area contributed by atoms with Crippen LogP contribution in [0, 0.1) is 11.8 Å². The van der Waals surface area contributed by atoms with E-state index in [1.807, 2.05) is 0 Å². The number of carbonyl (C=O) groups excluding carboxylic acids is 1. The highest BCUT2D eigenvalue weighted by Crippen LogP contribution is 2.42. The van der Waals surface area contributed by atoms with Gasteiger partial charge in [0.1, 0.15) is 18.3 Å². The van der Waals surface area contributed by atoms with Crippen LogP contribution in [0.25, 0.3) is 0 Å². The molecule has 4 heteroatoms. The highest BCUT2D eigenvalue weighted by atomic mass is 16.6. The van der Waals surface area contributed by atoms with Gasteiger partial charge in [-0.15, -0.1) is 0 Å². The van der Waals surface area contributed by atoms with E-state index in [1.54, 1.807) is 0 Å². The lowest BCUT2D eigenvalue weighted by Crippen LogP contribution is -2.33. The maximum Gasteiger partial charge on any atom is 0.220 e. The van der Waals surface area contributed by atoms with Gasteiger partial charge in [-0.1, -0.05) is 11.8 Å². The average molecular weight is 192 g/mol. The van der Waals surface area contributed by atoms with Crippen LogP contribution >= 0.6 is 0 Å². The molecule has 4 nitrogen and oxygen atoms in total. The zero-order valence-electron chi connectivity index (χ0n) is 7.27. The Kier molecular flexibility index (Phi) is 1.43. The van der Waals surface area contributed by atoms with Crippen LogP contribution in [0.3, 0.4) is 0 Å². The standard InChI is InChI=1S/C10H8O4/c11-7-1-2-8(12)10(9(7)14-10)4-3-6-5-13-6/h1-2,6-7,9,11H,5H2/t6?,7-,9+,10-/m0/s1. The van der Waals surface area contributed by atoms with Gasteiger partial charge in [0.05, 0.1) is 6.61 Å². The molecule has 3 aliphatic rings. The maximum absolute atomic E-state index is 11.5. The third-order valence-corrected chi connectivity index (χ3v) is 2.53. The summed E-state index contributed by atoms with van der Waals surface area (Å²) >= 11 is 0. The van der Waals surface area contributed by atoms with E-state index in [9.17, 15) is 9.90 Å². The molecule has 2 fully saturated rings. The molecule has 0 spiro atoms. The van der Waals surface area contributed by atoms with Gasteiger partial charge in [-0.05, 0) is 12.2 Å². The van der Waals surface area contributed by atoms with Gasteiger partial charge in [-0.3, -0.25) is 4.79 Å². The molecule has 0 saturated carbocycles. The van der Waals surface area contributed by atoms with Gasteiger partial charge in [0.2, 0.25) is 11.4 Å². The molecule has 2 heterocycles. The Balaban J connectivity index is 1.88. The van der Waals surface area contributed by atoms with Crippen molar-refractivity contribution in [1.29, 1.82) is 0 Å². The number of epoxide rings is 2. The summed E-state index contributed by atoms with van der Waals surface area (Å²) in [6.07, 6.45) is 1.52. The molecule has 0 radical (unpaired) electrons. The second kappa shape index (κ2) is 2.45. The zero-order chi connectivity index (χ0) is 9.76. The van der Waals surface area contributed by atoms with E-state index in [0.717, 1.165) is 0 Å². The molecule has 14 heavy (non-hydrogen) atoms. The summed E-state index contributed by atoms with van der Waals surface area (Å²) in [4.78, 5) is 11.5. The second-order valence-electron chi connectivity index (χ2n) is 3.58. The Morgan fingerprint density at radius 1 is 1.64 bits per heavy atom. The first-order chi connectivity index (χ1) is 6.72. The summed E-state index contributed by atoms with van der Waals surface area (Å²) in [5, 5.41) is 9.42. The van der Waals surface area contributed by atoms with E-state index in [-0.39, 0.29) is 11.9 Å². The molecule has 1 N–H and O–H groups in total. The predicted octanol–water partition coefficient (Wildman–Crippen LogP) is -0.974. The Bertz CT molecular complexity index is 385. The summed E-state index contributed by atoms with van der Waals surface area (Å²) in [5.74, 6) is 5.37. The zero-order valence-corrected chi connectivity index (χ0v) is 7.27. The molecule has 1 unspecified atom stereocenters. The molecular weight excluding hydrogens is 184 g/mol. The molecule has 3 rings (SSSR count). The smallest absolute Gasteiger partial charge is 0.220 e. The highest BCUT2D eigenvalue weighted by Gasteiger charge is 2.65. The fraction of sp³-hybridized carbons (Fsp3) is 0.500. The van der Waals surface area contributed by atoms with E-state index in [2.05, 4.69) is 11.8 Å². The first-order valence-electron chi connectivity index (χ1n) is 4.45. The van der Waals surface area contributed by atoms with Gasteiger partial charge in [-0.25, -0.2) is 0 Å². The molecule has 1 aliphatic carbocycles. The number of hydrogen-bond acceptors (Lipinski definition) is 4. The van der Waals surface area contributed by atoms with Crippen LogP contribution < -0.4 is 0 Å². The normalized spacial score (nSPS) is 47.8. The number of aliphatic hydroxyl groups excluding tert-OH is 1. The number of hydrogen-bond donors (Lipinski definition) is 1. The number of aliphatic hydroxyl groups is 1. The largest absolute Gasteiger partial charge is 0.386 e. The van der Waals surface area contributed by atoms with Gasteiger partial charge in [0.25, 0.3) is 0 Å². The molecule has 2 aliphatic heterocycles. The van der Waals surface area contributed by atoms with Crippen LogP contribution in [0.5, 0.6) is 0 Å². The van der Waals surface area contributed by atoms with Crippen LogP contribution in [0.15, 0.2) is 12.2 Å². The minimum Gasteiger partial charge on any atom is -0.386 e. The number of ketones is 1. The Morgan fingerprint density at radius 2 is 2.43 bits per heavy atom. The molecular formula is C10H8O4. The van der Waals surface area contributed by atoms with Crippen LogP contribution in [0.2, 0.25) is 0 Å². The third kappa shape index (κ3) is 1.04. The first-order valence-corrected chi connectivity index (χ1v) is 4.45. The number of fused-ring (bicyclic) bond motifs is 1.